The van der Waals surface area contributed by atoms with Crippen LogP contribution in [0.15, 0.2) is 0 Å². The average Bonchev–Trinajstić information content (AvgIpc) is 2.87. The predicted molar refractivity (Wildman–Crippen MR) is 80.3 cm³/mol. The van der Waals surface area contributed by atoms with Crippen molar-refractivity contribution < 1.29 is 0 Å². The third-order valence-electron chi connectivity index (χ3n) is 6.24. The molecule has 2 unspecified atom stereocenters. The first-order valence-electron chi connectivity index (χ1n) is 8.45. The van der Waals surface area contributed by atoms with Gasteiger partial charge < -0.3 is 5.73 Å². The van der Waals surface area contributed by atoms with Crippen molar-refractivity contribution in [2.75, 3.05) is 26.7 Å². The van der Waals surface area contributed by atoms with Crippen LogP contribution in [0.3, 0.4) is 0 Å². The standard InChI is InChI=1S/C16H31N3/c1-18(14-7-3-2-4-8-14)16(13-17)10-12-19-11-6-5-9-15(16)19/h14-15H,2-13,17H2,1H3. The lowest BCUT2D eigenvalue weighted by atomic mass is 9.81. The van der Waals surface area contributed by atoms with Gasteiger partial charge >= 0.3 is 0 Å². The molecule has 3 rings (SSSR count). The predicted octanol–water partition coefficient (Wildman–Crippen LogP) is 2.21. The third kappa shape index (κ3) is 2.34. The van der Waals surface area contributed by atoms with Gasteiger partial charge in [0.25, 0.3) is 0 Å². The molecule has 110 valence electrons. The summed E-state index contributed by atoms with van der Waals surface area (Å²) >= 11 is 0. The van der Waals surface area contributed by atoms with Crippen LogP contribution >= 0.6 is 0 Å². The van der Waals surface area contributed by atoms with Crippen LogP contribution in [0.1, 0.15) is 57.8 Å². The van der Waals surface area contributed by atoms with Gasteiger partial charge in [0, 0.05) is 30.7 Å². The maximum absolute atomic E-state index is 6.32. The molecule has 0 aromatic heterocycles. The Balaban J connectivity index is 1.77. The number of nitrogens with zero attached hydrogens (tertiary/aromatic N) is 2. The summed E-state index contributed by atoms with van der Waals surface area (Å²) in [5.74, 6) is 0. The van der Waals surface area contributed by atoms with Gasteiger partial charge in [-0.3, -0.25) is 9.80 Å². The molecule has 3 nitrogen and oxygen atoms in total. The number of hydrogen-bond acceptors (Lipinski definition) is 3. The minimum atomic E-state index is 0.280. The monoisotopic (exact) mass is 265 g/mol. The van der Waals surface area contributed by atoms with Crippen LogP contribution in [0.2, 0.25) is 0 Å². The van der Waals surface area contributed by atoms with E-state index in [1.165, 1.54) is 70.9 Å². The number of hydrogen-bond donors (Lipinski definition) is 1. The Hall–Kier alpha value is -0.120. The molecule has 0 radical (unpaired) electrons. The van der Waals surface area contributed by atoms with E-state index in [2.05, 4.69) is 16.8 Å². The molecule has 0 aromatic carbocycles. The third-order valence-corrected chi connectivity index (χ3v) is 6.24. The minimum absolute atomic E-state index is 0.280. The van der Waals surface area contributed by atoms with Crippen LogP contribution in [0, 0.1) is 0 Å². The number of likely N-dealkylation sites (N-methyl/N-ethyl adjacent to an activating group) is 1. The number of rotatable bonds is 3. The van der Waals surface area contributed by atoms with E-state index < -0.39 is 0 Å². The van der Waals surface area contributed by atoms with Gasteiger partial charge in [-0.05, 0) is 45.7 Å². The molecule has 0 bridgehead atoms. The van der Waals surface area contributed by atoms with Crippen LogP contribution < -0.4 is 5.73 Å². The van der Waals surface area contributed by atoms with E-state index >= 15 is 0 Å². The van der Waals surface area contributed by atoms with Crippen LogP contribution in [0.5, 0.6) is 0 Å². The van der Waals surface area contributed by atoms with E-state index in [1.54, 1.807) is 0 Å². The fraction of sp³-hybridized carbons (Fsp3) is 1.00. The zero-order valence-electron chi connectivity index (χ0n) is 12.6. The SMILES string of the molecule is CN(C1CCCCC1)C1(CN)CCN2CCCCC21. The molecule has 0 amide bonds. The second kappa shape index (κ2) is 5.71. The second-order valence-corrected chi connectivity index (χ2v) is 7.01. The van der Waals surface area contributed by atoms with Crippen molar-refractivity contribution in [1.29, 1.82) is 0 Å². The fourth-order valence-electron chi connectivity index (χ4n) is 5.00. The second-order valence-electron chi connectivity index (χ2n) is 7.01. The Kier molecular flexibility index (Phi) is 4.16. The number of piperidine rings is 1. The molecule has 2 atom stereocenters. The summed E-state index contributed by atoms with van der Waals surface area (Å²) in [4.78, 5) is 5.46. The van der Waals surface area contributed by atoms with Crippen molar-refractivity contribution in [2.24, 2.45) is 5.73 Å². The van der Waals surface area contributed by atoms with E-state index in [1.807, 2.05) is 0 Å². The first kappa shape index (κ1) is 13.8. The smallest absolute Gasteiger partial charge is 0.0498 e. The average molecular weight is 265 g/mol. The normalized spacial score (nSPS) is 37.7. The highest BCUT2D eigenvalue weighted by Crippen LogP contribution is 2.40. The van der Waals surface area contributed by atoms with Crippen molar-refractivity contribution in [1.82, 2.24) is 9.80 Å². The topological polar surface area (TPSA) is 32.5 Å². The van der Waals surface area contributed by atoms with Crippen molar-refractivity contribution in [3.8, 4) is 0 Å². The molecule has 2 N–H and O–H groups in total. The Morgan fingerprint density at radius 3 is 2.53 bits per heavy atom. The molecule has 2 aliphatic heterocycles. The van der Waals surface area contributed by atoms with E-state index in [0.29, 0.717) is 0 Å². The van der Waals surface area contributed by atoms with Gasteiger partial charge in [-0.15, -0.1) is 0 Å². The van der Waals surface area contributed by atoms with Gasteiger partial charge in [-0.25, -0.2) is 0 Å². The van der Waals surface area contributed by atoms with Crippen molar-refractivity contribution in [2.45, 2.75) is 75.4 Å². The molecular weight excluding hydrogens is 234 g/mol. The van der Waals surface area contributed by atoms with E-state index in [9.17, 15) is 0 Å². The molecule has 2 heterocycles. The Morgan fingerprint density at radius 1 is 1.05 bits per heavy atom. The summed E-state index contributed by atoms with van der Waals surface area (Å²) < 4.78 is 0. The molecule has 0 spiro atoms. The first-order chi connectivity index (χ1) is 9.28. The van der Waals surface area contributed by atoms with Gasteiger partial charge in [-0.1, -0.05) is 25.7 Å². The number of nitrogens with two attached hydrogens (primary N) is 1. The van der Waals surface area contributed by atoms with Crippen molar-refractivity contribution in [3.63, 3.8) is 0 Å². The van der Waals surface area contributed by atoms with E-state index in [4.69, 9.17) is 5.73 Å². The maximum atomic E-state index is 6.32. The van der Waals surface area contributed by atoms with Crippen molar-refractivity contribution >= 4 is 0 Å². The lowest BCUT2D eigenvalue weighted by Crippen LogP contribution is -2.63. The van der Waals surface area contributed by atoms with Gasteiger partial charge in [0.05, 0.1) is 0 Å². The van der Waals surface area contributed by atoms with E-state index in [-0.39, 0.29) is 5.54 Å². The maximum Gasteiger partial charge on any atom is 0.0498 e. The lowest BCUT2D eigenvalue weighted by molar-refractivity contribution is 0.0153. The molecule has 19 heavy (non-hydrogen) atoms. The molecule has 1 aliphatic carbocycles. The molecule has 1 saturated carbocycles. The van der Waals surface area contributed by atoms with Gasteiger partial charge in [0.2, 0.25) is 0 Å². The highest BCUT2D eigenvalue weighted by Gasteiger charge is 2.50. The first-order valence-corrected chi connectivity index (χ1v) is 8.45. The molecule has 0 aromatic rings. The molecular formula is C16H31N3. The van der Waals surface area contributed by atoms with Gasteiger partial charge in [0.15, 0.2) is 0 Å². The highest BCUT2D eigenvalue weighted by molar-refractivity contribution is 5.09. The number of fused-ring (bicyclic) bond motifs is 1. The minimum Gasteiger partial charge on any atom is -0.329 e. The van der Waals surface area contributed by atoms with Crippen molar-refractivity contribution in [3.05, 3.63) is 0 Å². The summed E-state index contributed by atoms with van der Waals surface area (Å²) in [6.45, 7) is 3.44. The highest BCUT2D eigenvalue weighted by atomic mass is 15.3. The molecule has 3 aliphatic rings. The van der Waals surface area contributed by atoms with Crippen LogP contribution in [-0.2, 0) is 0 Å². The van der Waals surface area contributed by atoms with Crippen LogP contribution in [0.4, 0.5) is 0 Å². The summed E-state index contributed by atoms with van der Waals surface area (Å²) in [5, 5.41) is 0. The Morgan fingerprint density at radius 2 is 1.79 bits per heavy atom. The van der Waals surface area contributed by atoms with Gasteiger partial charge in [-0.2, -0.15) is 0 Å². The largest absolute Gasteiger partial charge is 0.329 e. The molecule has 3 fully saturated rings. The Labute approximate surface area is 118 Å². The molecule has 2 saturated heterocycles. The summed E-state index contributed by atoms with van der Waals surface area (Å²) in [5.41, 5.74) is 6.60. The zero-order chi connectivity index (χ0) is 13.3. The van der Waals surface area contributed by atoms with Gasteiger partial charge in [0.1, 0.15) is 0 Å². The zero-order valence-corrected chi connectivity index (χ0v) is 12.6. The molecule has 3 heteroatoms. The van der Waals surface area contributed by atoms with Crippen LogP contribution in [-0.4, -0.2) is 54.1 Å². The summed E-state index contributed by atoms with van der Waals surface area (Å²) in [6, 6.07) is 1.53. The quantitative estimate of drug-likeness (QED) is 0.849. The fourth-order valence-corrected chi connectivity index (χ4v) is 5.00. The summed E-state index contributed by atoms with van der Waals surface area (Å²) in [6.07, 6.45) is 12.5. The van der Waals surface area contributed by atoms with E-state index in [0.717, 1.165) is 18.6 Å². The lowest BCUT2D eigenvalue weighted by Gasteiger charge is -2.49. The Bertz CT molecular complexity index is 300. The van der Waals surface area contributed by atoms with Crippen LogP contribution in [0.25, 0.3) is 0 Å². The summed E-state index contributed by atoms with van der Waals surface area (Å²) in [7, 11) is 2.38.